The van der Waals surface area contributed by atoms with Crippen molar-refractivity contribution in [2.24, 2.45) is 0 Å². The second-order valence-electron chi connectivity index (χ2n) is 4.46. The number of hydrogen-bond donors (Lipinski definition) is 2. The van der Waals surface area contributed by atoms with Crippen LogP contribution in [0.1, 0.15) is 11.7 Å². The van der Waals surface area contributed by atoms with E-state index in [1.165, 1.54) is 4.68 Å². The lowest BCUT2D eigenvalue weighted by Gasteiger charge is -2.14. The predicted molar refractivity (Wildman–Crippen MR) is 86.3 cm³/mol. The standard InChI is InChI=1S/C15H16BrN3O2/c1-2-8-19-15(21)14(16)12(9-18-19)17-10-13(20)11-6-4-3-5-7-11/h2-7,9,13,17,20H,1,8,10H2. The largest absolute Gasteiger partial charge is 0.387 e. The monoisotopic (exact) mass is 349 g/mol. The third-order valence-electron chi connectivity index (χ3n) is 2.96. The number of benzene rings is 1. The van der Waals surface area contributed by atoms with Crippen molar-refractivity contribution in [1.82, 2.24) is 9.78 Å². The summed E-state index contributed by atoms with van der Waals surface area (Å²) in [5.41, 5.74) is 1.12. The van der Waals surface area contributed by atoms with Crippen LogP contribution in [0.25, 0.3) is 0 Å². The number of hydrogen-bond acceptors (Lipinski definition) is 4. The van der Waals surface area contributed by atoms with Gasteiger partial charge in [-0.1, -0.05) is 36.4 Å². The maximum absolute atomic E-state index is 12.0. The first-order valence-corrected chi connectivity index (χ1v) is 7.26. The molecule has 0 bridgehead atoms. The van der Waals surface area contributed by atoms with Crippen LogP contribution in [-0.4, -0.2) is 21.4 Å². The van der Waals surface area contributed by atoms with Gasteiger partial charge in [0.2, 0.25) is 0 Å². The van der Waals surface area contributed by atoms with Crippen LogP contribution >= 0.6 is 15.9 Å². The molecule has 1 atom stereocenters. The number of aromatic nitrogens is 2. The minimum Gasteiger partial charge on any atom is -0.387 e. The van der Waals surface area contributed by atoms with Gasteiger partial charge in [-0.05, 0) is 21.5 Å². The van der Waals surface area contributed by atoms with Gasteiger partial charge in [0.05, 0.1) is 24.5 Å². The molecule has 1 aromatic heterocycles. The van der Waals surface area contributed by atoms with Crippen LogP contribution in [0.5, 0.6) is 0 Å². The third-order valence-corrected chi connectivity index (χ3v) is 3.72. The topological polar surface area (TPSA) is 67.2 Å². The fraction of sp³-hybridized carbons (Fsp3) is 0.200. The fourth-order valence-corrected chi connectivity index (χ4v) is 2.29. The summed E-state index contributed by atoms with van der Waals surface area (Å²) in [5, 5.41) is 17.1. The van der Waals surface area contributed by atoms with Gasteiger partial charge in [0, 0.05) is 6.54 Å². The molecule has 110 valence electrons. The van der Waals surface area contributed by atoms with Gasteiger partial charge in [0.25, 0.3) is 5.56 Å². The highest BCUT2D eigenvalue weighted by Gasteiger charge is 2.11. The zero-order chi connectivity index (χ0) is 15.2. The number of allylic oxidation sites excluding steroid dienone is 1. The molecule has 2 rings (SSSR count). The average Bonchev–Trinajstić information content (AvgIpc) is 2.52. The number of aliphatic hydroxyl groups is 1. The highest BCUT2D eigenvalue weighted by atomic mass is 79.9. The van der Waals surface area contributed by atoms with Gasteiger partial charge in [-0.25, -0.2) is 4.68 Å². The molecule has 0 spiro atoms. The van der Waals surface area contributed by atoms with Crippen molar-refractivity contribution in [3.8, 4) is 0 Å². The van der Waals surface area contributed by atoms with E-state index in [9.17, 15) is 9.90 Å². The SMILES string of the molecule is C=CCn1ncc(NCC(O)c2ccccc2)c(Br)c1=O. The van der Waals surface area contributed by atoms with E-state index < -0.39 is 6.10 Å². The van der Waals surface area contributed by atoms with E-state index in [2.05, 4.69) is 32.9 Å². The minimum absolute atomic E-state index is 0.242. The van der Waals surface area contributed by atoms with Gasteiger partial charge in [-0.3, -0.25) is 4.79 Å². The van der Waals surface area contributed by atoms with E-state index in [4.69, 9.17) is 0 Å². The van der Waals surface area contributed by atoms with Crippen molar-refractivity contribution < 1.29 is 5.11 Å². The van der Waals surface area contributed by atoms with Crippen molar-refractivity contribution in [3.05, 3.63) is 69.6 Å². The Labute approximate surface area is 131 Å². The molecule has 5 nitrogen and oxygen atoms in total. The normalized spacial score (nSPS) is 11.9. The minimum atomic E-state index is -0.659. The highest BCUT2D eigenvalue weighted by molar-refractivity contribution is 9.10. The molecule has 2 N–H and O–H groups in total. The lowest BCUT2D eigenvalue weighted by molar-refractivity contribution is 0.191. The van der Waals surface area contributed by atoms with Crippen LogP contribution in [-0.2, 0) is 6.54 Å². The third kappa shape index (κ3) is 3.80. The van der Waals surface area contributed by atoms with Crippen molar-refractivity contribution >= 4 is 21.6 Å². The van der Waals surface area contributed by atoms with Gasteiger partial charge in [-0.15, -0.1) is 6.58 Å². The van der Waals surface area contributed by atoms with Crippen LogP contribution in [0.4, 0.5) is 5.69 Å². The number of halogens is 1. The van der Waals surface area contributed by atoms with Crippen LogP contribution in [0.2, 0.25) is 0 Å². The molecule has 6 heteroatoms. The fourth-order valence-electron chi connectivity index (χ4n) is 1.84. The molecule has 0 aliphatic carbocycles. The van der Waals surface area contributed by atoms with Crippen molar-refractivity contribution in [1.29, 1.82) is 0 Å². The van der Waals surface area contributed by atoms with E-state index in [1.54, 1.807) is 12.3 Å². The first kappa shape index (κ1) is 15.5. The zero-order valence-electron chi connectivity index (χ0n) is 11.4. The van der Waals surface area contributed by atoms with Crippen molar-refractivity contribution in [2.75, 3.05) is 11.9 Å². The zero-order valence-corrected chi connectivity index (χ0v) is 13.0. The molecule has 1 heterocycles. The first-order chi connectivity index (χ1) is 10.1. The Bertz CT molecular complexity index is 670. The number of anilines is 1. The predicted octanol–water partition coefficient (Wildman–Crippen LogP) is 2.34. The van der Waals surface area contributed by atoms with Gasteiger partial charge < -0.3 is 10.4 Å². The molecular formula is C15H16BrN3O2. The number of aliphatic hydroxyl groups excluding tert-OH is 1. The molecule has 0 aliphatic rings. The molecule has 1 unspecified atom stereocenters. The Morgan fingerprint density at radius 2 is 2.14 bits per heavy atom. The molecule has 1 aromatic carbocycles. The summed E-state index contributed by atoms with van der Waals surface area (Å²) in [7, 11) is 0. The Balaban J connectivity index is 2.09. The smallest absolute Gasteiger partial charge is 0.283 e. The Morgan fingerprint density at radius 1 is 1.43 bits per heavy atom. The lowest BCUT2D eigenvalue weighted by atomic mass is 10.1. The Kier molecular flexibility index (Phi) is 5.30. The molecule has 0 fully saturated rings. The molecule has 0 aliphatic heterocycles. The van der Waals surface area contributed by atoms with Crippen LogP contribution < -0.4 is 10.9 Å². The second-order valence-corrected chi connectivity index (χ2v) is 5.25. The van der Waals surface area contributed by atoms with Gasteiger partial charge >= 0.3 is 0 Å². The quantitative estimate of drug-likeness (QED) is 0.785. The maximum atomic E-state index is 12.0. The summed E-state index contributed by atoms with van der Waals surface area (Å²) in [6, 6.07) is 9.33. The molecule has 0 radical (unpaired) electrons. The number of nitrogens with one attached hydrogen (secondary N) is 1. The van der Waals surface area contributed by atoms with E-state index in [-0.39, 0.29) is 12.1 Å². The first-order valence-electron chi connectivity index (χ1n) is 6.47. The van der Waals surface area contributed by atoms with E-state index >= 15 is 0 Å². The summed E-state index contributed by atoms with van der Waals surface area (Å²) in [5.74, 6) is 0. The van der Waals surface area contributed by atoms with Crippen LogP contribution in [0.3, 0.4) is 0 Å². The van der Waals surface area contributed by atoms with Crippen molar-refractivity contribution in [2.45, 2.75) is 12.6 Å². The molecule has 0 saturated carbocycles. The van der Waals surface area contributed by atoms with E-state index in [1.807, 2.05) is 30.3 Å². The summed E-state index contributed by atoms with van der Waals surface area (Å²) in [6.45, 7) is 4.22. The van der Waals surface area contributed by atoms with Gasteiger partial charge in [-0.2, -0.15) is 5.10 Å². The van der Waals surface area contributed by atoms with Crippen LogP contribution in [0, 0.1) is 0 Å². The second kappa shape index (κ2) is 7.19. The molecule has 0 saturated heterocycles. The Morgan fingerprint density at radius 3 is 2.81 bits per heavy atom. The molecule has 2 aromatic rings. The maximum Gasteiger partial charge on any atom is 0.283 e. The highest BCUT2D eigenvalue weighted by Crippen LogP contribution is 2.18. The van der Waals surface area contributed by atoms with Gasteiger partial charge in [0.15, 0.2) is 0 Å². The lowest BCUT2D eigenvalue weighted by Crippen LogP contribution is -2.24. The summed E-state index contributed by atoms with van der Waals surface area (Å²) < 4.78 is 1.69. The van der Waals surface area contributed by atoms with E-state index in [0.717, 1.165) is 5.56 Å². The summed E-state index contributed by atoms with van der Waals surface area (Å²) >= 11 is 3.26. The molecular weight excluding hydrogens is 334 g/mol. The Hall–Kier alpha value is -1.92. The molecule has 0 amide bonds. The van der Waals surface area contributed by atoms with E-state index in [0.29, 0.717) is 16.7 Å². The summed E-state index contributed by atoms with van der Waals surface area (Å²) in [4.78, 5) is 12.0. The molecule has 21 heavy (non-hydrogen) atoms. The van der Waals surface area contributed by atoms with Gasteiger partial charge in [0.1, 0.15) is 4.47 Å². The van der Waals surface area contributed by atoms with Crippen LogP contribution in [0.15, 0.2) is 58.5 Å². The van der Waals surface area contributed by atoms with Crippen molar-refractivity contribution in [3.63, 3.8) is 0 Å². The number of rotatable bonds is 6. The number of nitrogens with zero attached hydrogens (tertiary/aromatic N) is 2. The summed E-state index contributed by atoms with van der Waals surface area (Å²) in [6.07, 6.45) is 2.49. The average molecular weight is 350 g/mol.